The van der Waals surface area contributed by atoms with Gasteiger partial charge in [-0.1, -0.05) is 0 Å². The lowest BCUT2D eigenvalue weighted by atomic mass is 9.60. The van der Waals surface area contributed by atoms with E-state index in [1.807, 2.05) is 0 Å². The van der Waals surface area contributed by atoms with Gasteiger partial charge in [-0.15, -0.1) is 0 Å². The average Bonchev–Trinajstić information content (AvgIpc) is 3.64. The Morgan fingerprint density at radius 3 is 2.23 bits per heavy atom. The number of esters is 1. The number of aliphatic hydroxyl groups excluding tert-OH is 2. The molecule has 10 unspecified atom stereocenters. The summed E-state index contributed by atoms with van der Waals surface area (Å²) in [4.78, 5) is 32.6. The third-order valence-electron chi connectivity index (χ3n) is 9.25. The van der Waals surface area contributed by atoms with Gasteiger partial charge >= 0.3 is 13.8 Å². The van der Waals surface area contributed by atoms with Crippen molar-refractivity contribution < 1.29 is 86.7 Å². The molecule has 262 valence electrons. The van der Waals surface area contributed by atoms with Gasteiger partial charge in [0.1, 0.15) is 31.0 Å². The van der Waals surface area contributed by atoms with Crippen molar-refractivity contribution in [2.45, 2.75) is 61.2 Å². The number of hydrogen-bond acceptors (Lipinski definition) is 16. The van der Waals surface area contributed by atoms with Crippen LogP contribution in [0.2, 0.25) is 0 Å². The van der Waals surface area contributed by atoms with E-state index in [4.69, 9.17) is 47.2 Å². The summed E-state index contributed by atoms with van der Waals surface area (Å²) >= 11 is 0. The van der Waals surface area contributed by atoms with Gasteiger partial charge in [0.25, 0.3) is 0 Å². The molecule has 3 fully saturated rings. The van der Waals surface area contributed by atoms with Crippen molar-refractivity contribution in [3.05, 3.63) is 41.0 Å². The van der Waals surface area contributed by atoms with Gasteiger partial charge in [0.05, 0.1) is 32.8 Å². The second-order valence-electron chi connectivity index (χ2n) is 11.8. The first-order chi connectivity index (χ1) is 22.7. The van der Waals surface area contributed by atoms with Gasteiger partial charge in [0.2, 0.25) is 18.1 Å². The van der Waals surface area contributed by atoms with E-state index >= 15 is 0 Å². The number of carbonyl (C=O) groups is 1. The van der Waals surface area contributed by atoms with Crippen molar-refractivity contribution in [2.75, 3.05) is 34.2 Å². The summed E-state index contributed by atoms with van der Waals surface area (Å²) in [6.07, 6.45) is -8.46. The highest BCUT2D eigenvalue weighted by atomic mass is 31.2. The maximum atomic E-state index is 13.6. The molecular weight excluding hydrogens is 667 g/mol. The highest BCUT2D eigenvalue weighted by Gasteiger charge is 2.72. The Hall–Kier alpha value is -3.26. The van der Waals surface area contributed by atoms with E-state index in [0.717, 1.165) is 26.4 Å². The maximum Gasteiger partial charge on any atom is 0.525 e. The van der Waals surface area contributed by atoms with E-state index in [1.165, 1.54) is 12.1 Å². The van der Waals surface area contributed by atoms with Crippen LogP contribution in [0.4, 0.5) is 0 Å². The minimum atomic E-state index is -5.14. The molecule has 3 saturated heterocycles. The van der Waals surface area contributed by atoms with E-state index in [0.29, 0.717) is 0 Å². The number of hydrogen-bond donors (Lipinski definition) is 6. The Balaban J connectivity index is 1.39. The fourth-order valence-corrected chi connectivity index (χ4v) is 7.41. The molecule has 2 aromatic carbocycles. The minimum absolute atomic E-state index is 0.00945. The van der Waals surface area contributed by atoms with Crippen LogP contribution in [-0.4, -0.2) is 113 Å². The van der Waals surface area contributed by atoms with Crippen molar-refractivity contribution in [1.82, 2.24) is 0 Å². The molecule has 2 aromatic rings. The Morgan fingerprint density at radius 1 is 0.917 bits per heavy atom. The molecule has 10 atom stereocenters. The van der Waals surface area contributed by atoms with Crippen LogP contribution in [0, 0.1) is 5.92 Å². The van der Waals surface area contributed by atoms with Crippen molar-refractivity contribution in [1.29, 1.82) is 0 Å². The first kappa shape index (κ1) is 33.2. The molecule has 5 aliphatic rings. The van der Waals surface area contributed by atoms with Gasteiger partial charge in [-0.3, -0.25) is 9.79 Å². The SMILES string of the molecule is COc1cc(C2(O)c3cc4c(cc3C(OC3OC5COC(C)OC5C(O)C3O)C3COC(=O)C32O)OCO4)cc(OC)c1OP(=O)(O)O. The molecule has 0 spiro atoms. The van der Waals surface area contributed by atoms with E-state index in [9.17, 15) is 39.6 Å². The van der Waals surface area contributed by atoms with E-state index < -0.39 is 86.4 Å². The highest BCUT2D eigenvalue weighted by molar-refractivity contribution is 7.46. The number of cyclic esters (lactones) is 1. The van der Waals surface area contributed by atoms with Crippen molar-refractivity contribution >= 4 is 13.8 Å². The van der Waals surface area contributed by atoms with Crippen LogP contribution in [0.5, 0.6) is 28.7 Å². The molecule has 0 amide bonds. The summed E-state index contributed by atoms with van der Waals surface area (Å²) in [5, 5.41) is 47.3. The smallest absolute Gasteiger partial charge is 0.493 e. The predicted octanol–water partition coefficient (Wildman–Crippen LogP) is -0.677. The minimum Gasteiger partial charge on any atom is -0.493 e. The molecule has 4 aliphatic heterocycles. The van der Waals surface area contributed by atoms with Gasteiger partial charge < -0.3 is 67.6 Å². The lowest BCUT2D eigenvalue weighted by Crippen LogP contribution is -2.65. The van der Waals surface area contributed by atoms with Crippen molar-refractivity contribution in [2.24, 2.45) is 5.92 Å². The zero-order chi connectivity index (χ0) is 34.3. The van der Waals surface area contributed by atoms with Gasteiger partial charge in [0.15, 0.2) is 41.2 Å². The standard InChI is InChI=1S/C29H33O18P/c1-11-40-9-20-25(44-11)21(30)22(31)26(45-20)46-23-13-6-16-17(43-10-42-16)7-14(13)28(33,29(34)15(23)8-41-27(29)32)12-4-18(38-2)24(19(5-12)39-3)47-48(35,36)37/h4-7,11,15,20-23,25-26,30-31,33-34H,8-10H2,1-3H3,(H2,35,36,37). The Bertz CT molecular complexity index is 1640. The average molecular weight is 701 g/mol. The predicted molar refractivity (Wildman–Crippen MR) is 152 cm³/mol. The lowest BCUT2D eigenvalue weighted by Gasteiger charge is -2.51. The zero-order valence-electron chi connectivity index (χ0n) is 25.6. The number of carbonyl (C=O) groups excluding carboxylic acids is 1. The van der Waals surface area contributed by atoms with E-state index in [-0.39, 0.29) is 53.1 Å². The number of fused-ring (bicyclic) bond motifs is 4. The maximum absolute atomic E-state index is 13.6. The normalized spacial score (nSPS) is 36.8. The van der Waals surface area contributed by atoms with E-state index in [1.54, 1.807) is 6.92 Å². The summed E-state index contributed by atoms with van der Waals surface area (Å²) in [7, 11) is -2.83. The van der Waals surface area contributed by atoms with Crippen LogP contribution in [0.3, 0.4) is 0 Å². The topological polar surface area (TPSA) is 248 Å². The van der Waals surface area contributed by atoms with Crippen LogP contribution in [0.1, 0.15) is 29.7 Å². The van der Waals surface area contributed by atoms with Crippen molar-refractivity contribution in [3.63, 3.8) is 0 Å². The fourth-order valence-electron chi connectivity index (χ4n) is 7.00. The molecule has 7 rings (SSSR count). The molecule has 1 aliphatic carbocycles. The van der Waals surface area contributed by atoms with Crippen LogP contribution in [0.25, 0.3) is 0 Å². The van der Waals surface area contributed by atoms with Crippen LogP contribution in [-0.2, 0) is 38.6 Å². The monoisotopic (exact) mass is 700 g/mol. The number of rotatable bonds is 7. The van der Waals surface area contributed by atoms with Crippen LogP contribution in [0.15, 0.2) is 24.3 Å². The van der Waals surface area contributed by atoms with Gasteiger partial charge in [0, 0.05) is 5.56 Å². The summed E-state index contributed by atoms with van der Waals surface area (Å²) in [6, 6.07) is 5.02. The highest BCUT2D eigenvalue weighted by Crippen LogP contribution is 2.61. The molecule has 0 saturated carbocycles. The molecule has 19 heteroatoms. The Morgan fingerprint density at radius 2 is 1.58 bits per heavy atom. The largest absolute Gasteiger partial charge is 0.525 e. The summed E-state index contributed by atoms with van der Waals surface area (Å²) in [5.41, 5.74) is -5.75. The first-order valence-corrected chi connectivity index (χ1v) is 16.3. The summed E-state index contributed by atoms with van der Waals surface area (Å²) in [6.45, 7) is 0.968. The van der Waals surface area contributed by atoms with E-state index in [2.05, 4.69) is 0 Å². The molecule has 6 N–H and O–H groups in total. The molecule has 4 heterocycles. The third kappa shape index (κ3) is 4.94. The third-order valence-corrected chi connectivity index (χ3v) is 9.67. The quantitative estimate of drug-likeness (QED) is 0.155. The number of aliphatic hydroxyl groups is 4. The van der Waals surface area contributed by atoms with Gasteiger partial charge in [-0.2, -0.15) is 0 Å². The first-order valence-electron chi connectivity index (χ1n) is 14.7. The van der Waals surface area contributed by atoms with Crippen LogP contribution >= 0.6 is 7.82 Å². The molecule has 0 bridgehead atoms. The van der Waals surface area contributed by atoms with Crippen LogP contribution < -0.4 is 23.5 Å². The summed E-state index contributed by atoms with van der Waals surface area (Å²) < 4.78 is 67.0. The molecular formula is C29H33O18P. The van der Waals surface area contributed by atoms with Gasteiger partial charge in [-0.25, -0.2) is 9.36 Å². The number of benzene rings is 2. The molecule has 0 aromatic heterocycles. The molecule has 18 nitrogen and oxygen atoms in total. The van der Waals surface area contributed by atoms with Gasteiger partial charge in [-0.05, 0) is 42.3 Å². The molecule has 48 heavy (non-hydrogen) atoms. The Labute approximate surface area is 271 Å². The second-order valence-corrected chi connectivity index (χ2v) is 13.0. The fraction of sp³-hybridized carbons (Fsp3) is 0.552. The second kappa shape index (κ2) is 11.7. The zero-order valence-corrected chi connectivity index (χ0v) is 26.5. The Kier molecular flexibility index (Phi) is 8.08. The number of phosphoric acid groups is 1. The molecule has 0 radical (unpaired) electrons. The number of ether oxygens (including phenoxy) is 9. The van der Waals surface area contributed by atoms with Crippen molar-refractivity contribution in [3.8, 4) is 28.7 Å². The summed E-state index contributed by atoms with van der Waals surface area (Å²) in [5.74, 6) is -3.45. The number of phosphoric ester groups is 1. The lowest BCUT2D eigenvalue weighted by molar-refractivity contribution is -0.366. The number of methoxy groups -OCH3 is 2.